The highest BCUT2D eigenvalue weighted by atomic mass is 35.5. The number of hydrogen-bond donors (Lipinski definition) is 2. The van der Waals surface area contributed by atoms with Crippen LogP contribution in [0.4, 0.5) is 10.1 Å². The van der Waals surface area contributed by atoms with E-state index in [9.17, 15) is 9.18 Å². The number of nitrogens with one attached hydrogen (secondary N) is 2. The first-order valence-corrected chi connectivity index (χ1v) is 6.99. The zero-order valence-corrected chi connectivity index (χ0v) is 13.1. The molecular weight excluding hydrogens is 327 g/mol. The van der Waals surface area contributed by atoms with E-state index in [2.05, 4.69) is 10.6 Å². The number of halogens is 2. The predicted octanol–water partition coefficient (Wildman–Crippen LogP) is 3.61. The van der Waals surface area contributed by atoms with E-state index in [0.717, 1.165) is 0 Å². The molecular formula is C15H12ClFN2O2S. The fraction of sp³-hybridized carbons (Fsp3) is 0.0667. The number of carbonyl (C=O) groups is 1. The van der Waals surface area contributed by atoms with Crippen LogP contribution in [-0.2, 0) is 0 Å². The second-order valence-electron chi connectivity index (χ2n) is 4.26. The molecule has 0 radical (unpaired) electrons. The maximum atomic E-state index is 13.1. The second-order valence-corrected chi connectivity index (χ2v) is 5.11. The Labute approximate surface area is 137 Å². The highest BCUT2D eigenvalue weighted by Gasteiger charge is 2.14. The average Bonchev–Trinajstić information content (AvgIpc) is 2.47. The lowest BCUT2D eigenvalue weighted by molar-refractivity contribution is 0.0975. The van der Waals surface area contributed by atoms with Gasteiger partial charge in [-0.25, -0.2) is 4.39 Å². The lowest BCUT2D eigenvalue weighted by atomic mass is 10.2. The molecule has 2 aromatic rings. The van der Waals surface area contributed by atoms with Gasteiger partial charge in [0.15, 0.2) is 5.11 Å². The van der Waals surface area contributed by atoms with E-state index in [1.54, 1.807) is 18.2 Å². The number of anilines is 1. The Morgan fingerprint density at radius 3 is 2.73 bits per heavy atom. The molecule has 2 rings (SSSR count). The molecule has 114 valence electrons. The summed E-state index contributed by atoms with van der Waals surface area (Å²) in [5.74, 6) is -0.514. The van der Waals surface area contributed by atoms with Crippen LogP contribution in [0.2, 0.25) is 5.02 Å². The summed E-state index contributed by atoms with van der Waals surface area (Å²) in [4.78, 5) is 12.2. The predicted molar refractivity (Wildman–Crippen MR) is 88.1 cm³/mol. The summed E-state index contributed by atoms with van der Waals surface area (Å²) in [6, 6.07) is 10.4. The Bertz CT molecular complexity index is 724. The van der Waals surface area contributed by atoms with Gasteiger partial charge in [-0.3, -0.25) is 10.1 Å². The molecule has 0 aliphatic carbocycles. The standard InChI is InChI=1S/C15H12ClFN2O2S/c1-21-13-6-5-9(16)7-12(13)14(20)19-15(22)18-11-4-2-3-10(17)8-11/h2-8H,1H3,(H2,18,19,20,22). The van der Waals surface area contributed by atoms with Crippen molar-refractivity contribution in [3.05, 3.63) is 58.9 Å². The van der Waals surface area contributed by atoms with E-state index < -0.39 is 11.7 Å². The van der Waals surface area contributed by atoms with Crippen LogP contribution in [0.15, 0.2) is 42.5 Å². The summed E-state index contributed by atoms with van der Waals surface area (Å²) >= 11 is 10.9. The van der Waals surface area contributed by atoms with E-state index in [4.69, 9.17) is 28.6 Å². The van der Waals surface area contributed by atoms with Gasteiger partial charge in [0, 0.05) is 10.7 Å². The average molecular weight is 339 g/mol. The SMILES string of the molecule is COc1ccc(Cl)cc1C(=O)NC(=S)Nc1cccc(F)c1. The van der Waals surface area contributed by atoms with Crippen LogP contribution < -0.4 is 15.4 Å². The lowest BCUT2D eigenvalue weighted by Gasteiger charge is -2.12. The molecule has 0 saturated carbocycles. The quantitative estimate of drug-likeness (QED) is 0.839. The van der Waals surface area contributed by atoms with Crippen molar-refractivity contribution in [1.82, 2.24) is 5.32 Å². The largest absolute Gasteiger partial charge is 0.496 e. The molecule has 1 amide bonds. The first kappa shape index (κ1) is 16.2. The van der Waals surface area contributed by atoms with Crippen molar-refractivity contribution in [2.45, 2.75) is 0 Å². The van der Waals surface area contributed by atoms with Crippen molar-refractivity contribution in [2.75, 3.05) is 12.4 Å². The van der Waals surface area contributed by atoms with E-state index in [-0.39, 0.29) is 10.7 Å². The van der Waals surface area contributed by atoms with Crippen molar-refractivity contribution in [1.29, 1.82) is 0 Å². The van der Waals surface area contributed by atoms with E-state index in [1.165, 1.54) is 31.4 Å². The third kappa shape index (κ3) is 4.16. The van der Waals surface area contributed by atoms with Gasteiger partial charge in [-0.2, -0.15) is 0 Å². The molecule has 0 bridgehead atoms. The normalized spacial score (nSPS) is 9.95. The maximum Gasteiger partial charge on any atom is 0.261 e. The zero-order valence-electron chi connectivity index (χ0n) is 11.5. The number of hydrogen-bond acceptors (Lipinski definition) is 3. The van der Waals surface area contributed by atoms with Crippen molar-refractivity contribution >= 4 is 40.5 Å². The molecule has 0 unspecified atom stereocenters. The van der Waals surface area contributed by atoms with Crippen LogP contribution in [0.1, 0.15) is 10.4 Å². The Morgan fingerprint density at radius 2 is 2.05 bits per heavy atom. The van der Waals surface area contributed by atoms with Gasteiger partial charge in [-0.05, 0) is 48.6 Å². The number of rotatable bonds is 3. The van der Waals surface area contributed by atoms with Gasteiger partial charge < -0.3 is 10.1 Å². The van der Waals surface area contributed by atoms with Crippen molar-refractivity contribution < 1.29 is 13.9 Å². The first-order valence-electron chi connectivity index (χ1n) is 6.21. The molecule has 0 atom stereocenters. The van der Waals surface area contributed by atoms with Crippen LogP contribution in [0.25, 0.3) is 0 Å². The Morgan fingerprint density at radius 1 is 1.27 bits per heavy atom. The Kier molecular flexibility index (Phi) is 5.30. The topological polar surface area (TPSA) is 50.4 Å². The molecule has 0 spiro atoms. The Balaban J connectivity index is 2.08. The molecule has 22 heavy (non-hydrogen) atoms. The van der Waals surface area contributed by atoms with Crippen LogP contribution in [0.3, 0.4) is 0 Å². The second kappa shape index (κ2) is 7.20. The minimum absolute atomic E-state index is 0.0395. The summed E-state index contributed by atoms with van der Waals surface area (Å²) in [7, 11) is 1.45. The number of benzene rings is 2. The van der Waals surface area contributed by atoms with Crippen molar-refractivity contribution in [3.63, 3.8) is 0 Å². The summed E-state index contributed by atoms with van der Waals surface area (Å²) in [5.41, 5.74) is 0.682. The van der Waals surface area contributed by atoms with E-state index >= 15 is 0 Å². The summed E-state index contributed by atoms with van der Waals surface area (Å²) in [5, 5.41) is 5.65. The van der Waals surface area contributed by atoms with Crippen LogP contribution in [0, 0.1) is 5.82 Å². The minimum atomic E-state index is -0.478. The molecule has 0 fully saturated rings. The highest BCUT2D eigenvalue weighted by molar-refractivity contribution is 7.80. The van der Waals surface area contributed by atoms with Crippen LogP contribution >= 0.6 is 23.8 Å². The summed E-state index contributed by atoms with van der Waals surface area (Å²) in [6.07, 6.45) is 0. The Hall–Kier alpha value is -2.18. The molecule has 0 aromatic heterocycles. The van der Waals surface area contributed by atoms with Crippen molar-refractivity contribution in [2.24, 2.45) is 0 Å². The van der Waals surface area contributed by atoms with Gasteiger partial charge in [-0.1, -0.05) is 17.7 Å². The van der Waals surface area contributed by atoms with Crippen molar-refractivity contribution in [3.8, 4) is 5.75 Å². The lowest BCUT2D eigenvalue weighted by Crippen LogP contribution is -2.34. The van der Waals surface area contributed by atoms with Gasteiger partial charge in [0.2, 0.25) is 0 Å². The monoisotopic (exact) mass is 338 g/mol. The number of amides is 1. The zero-order chi connectivity index (χ0) is 16.1. The highest BCUT2D eigenvalue weighted by Crippen LogP contribution is 2.22. The van der Waals surface area contributed by atoms with Gasteiger partial charge in [0.05, 0.1) is 12.7 Å². The van der Waals surface area contributed by atoms with Crippen LogP contribution in [-0.4, -0.2) is 18.1 Å². The van der Waals surface area contributed by atoms with Gasteiger partial charge in [-0.15, -0.1) is 0 Å². The fourth-order valence-electron chi connectivity index (χ4n) is 1.76. The molecule has 4 nitrogen and oxygen atoms in total. The maximum absolute atomic E-state index is 13.1. The van der Waals surface area contributed by atoms with Crippen LogP contribution in [0.5, 0.6) is 5.75 Å². The van der Waals surface area contributed by atoms with E-state index in [1.807, 2.05) is 0 Å². The number of thiocarbonyl (C=S) groups is 1. The summed E-state index contributed by atoms with van der Waals surface area (Å²) in [6.45, 7) is 0. The molecule has 0 aliphatic heterocycles. The molecule has 7 heteroatoms. The molecule has 0 aliphatic rings. The number of ether oxygens (including phenoxy) is 1. The minimum Gasteiger partial charge on any atom is -0.496 e. The first-order chi connectivity index (χ1) is 10.5. The van der Waals surface area contributed by atoms with Gasteiger partial charge >= 0.3 is 0 Å². The smallest absolute Gasteiger partial charge is 0.261 e. The van der Waals surface area contributed by atoms with Gasteiger partial charge in [0.25, 0.3) is 5.91 Å². The van der Waals surface area contributed by atoms with Gasteiger partial charge in [0.1, 0.15) is 11.6 Å². The molecule has 0 heterocycles. The summed E-state index contributed by atoms with van der Waals surface area (Å²) < 4.78 is 18.2. The molecule has 2 aromatic carbocycles. The molecule has 0 saturated heterocycles. The number of methoxy groups -OCH3 is 1. The third-order valence-corrected chi connectivity index (χ3v) is 3.15. The number of carbonyl (C=O) groups excluding carboxylic acids is 1. The fourth-order valence-corrected chi connectivity index (χ4v) is 2.14. The van der Waals surface area contributed by atoms with E-state index in [0.29, 0.717) is 16.5 Å². The molecule has 2 N–H and O–H groups in total. The third-order valence-electron chi connectivity index (χ3n) is 2.72.